The number of rotatable bonds is 2. The lowest BCUT2D eigenvalue weighted by atomic mass is 9.83. The summed E-state index contributed by atoms with van der Waals surface area (Å²) in [6.45, 7) is 2.15. The van der Waals surface area contributed by atoms with Crippen LogP contribution >= 0.6 is 0 Å². The maximum absolute atomic E-state index is 9.29. The summed E-state index contributed by atoms with van der Waals surface area (Å²) in [5.74, 6) is 0.428. The van der Waals surface area contributed by atoms with E-state index in [0.29, 0.717) is 5.92 Å². The third-order valence-electron chi connectivity index (χ3n) is 4.31. The van der Waals surface area contributed by atoms with Crippen LogP contribution in [0.15, 0.2) is 35.1 Å². The molecule has 4 rings (SSSR count). The van der Waals surface area contributed by atoms with Crippen LogP contribution in [0.1, 0.15) is 18.4 Å². The zero-order valence-electron chi connectivity index (χ0n) is 12.1. The molecule has 4 nitrogen and oxygen atoms in total. The fraction of sp³-hybridized carbons (Fsp3) is 0.438. The Labute approximate surface area is 120 Å². The lowest BCUT2D eigenvalue weighted by Crippen LogP contribution is -2.46. The van der Waals surface area contributed by atoms with E-state index >= 15 is 0 Å². The minimum absolute atomic E-state index is 0.428. The molecule has 3 heterocycles. The van der Waals surface area contributed by atoms with Crippen LogP contribution in [0.25, 0.3) is 6.08 Å². The summed E-state index contributed by atoms with van der Waals surface area (Å²) in [4.78, 5) is 4.42. The molecule has 0 unspecified atom stereocenters. The van der Waals surface area contributed by atoms with Crippen molar-refractivity contribution in [3.8, 4) is 0 Å². The molecule has 0 atom stereocenters. The Morgan fingerprint density at radius 3 is 2.40 bits per heavy atom. The molecule has 3 aliphatic rings. The molecule has 3 saturated heterocycles. The van der Waals surface area contributed by atoms with Gasteiger partial charge in [0.15, 0.2) is 0 Å². The Balaban J connectivity index is 1.90. The van der Waals surface area contributed by atoms with Gasteiger partial charge in [-0.05, 0) is 36.6 Å². The molecule has 20 heavy (non-hydrogen) atoms. The Morgan fingerprint density at radius 1 is 1.20 bits per heavy atom. The van der Waals surface area contributed by atoms with E-state index in [-0.39, 0.29) is 0 Å². The van der Waals surface area contributed by atoms with Crippen LogP contribution in [0, 0.1) is 5.92 Å². The molecule has 0 aliphatic carbocycles. The predicted molar refractivity (Wildman–Crippen MR) is 82.3 cm³/mol. The Kier molecular flexibility index (Phi) is 3.38. The highest BCUT2D eigenvalue weighted by atomic mass is 16.4. The minimum atomic E-state index is 0.428. The second-order valence-electron chi connectivity index (χ2n) is 5.76. The van der Waals surface area contributed by atoms with Crippen molar-refractivity contribution in [1.29, 1.82) is 0 Å². The number of anilines is 1. The van der Waals surface area contributed by atoms with Crippen molar-refractivity contribution in [2.75, 3.05) is 32.1 Å². The van der Waals surface area contributed by atoms with Gasteiger partial charge in [-0.15, -0.1) is 0 Å². The molecule has 1 aromatic carbocycles. The fourth-order valence-corrected chi connectivity index (χ4v) is 3.09. The average Bonchev–Trinajstić information content (AvgIpc) is 2.49. The van der Waals surface area contributed by atoms with Crippen LogP contribution in [0.2, 0.25) is 0 Å². The van der Waals surface area contributed by atoms with E-state index in [2.05, 4.69) is 45.3 Å². The highest BCUT2D eigenvalue weighted by Gasteiger charge is 2.35. The highest BCUT2D eigenvalue weighted by Crippen LogP contribution is 2.33. The summed E-state index contributed by atoms with van der Waals surface area (Å²) >= 11 is 0. The average molecular weight is 271 g/mol. The second-order valence-corrected chi connectivity index (χ2v) is 5.76. The van der Waals surface area contributed by atoms with E-state index in [9.17, 15) is 5.21 Å². The van der Waals surface area contributed by atoms with Crippen molar-refractivity contribution in [3.05, 3.63) is 35.5 Å². The van der Waals surface area contributed by atoms with Crippen molar-refractivity contribution in [1.82, 2.24) is 4.90 Å². The Morgan fingerprint density at radius 2 is 1.85 bits per heavy atom. The molecule has 106 valence electrons. The minimum Gasteiger partial charge on any atom is -0.411 e. The van der Waals surface area contributed by atoms with Crippen molar-refractivity contribution in [3.63, 3.8) is 0 Å². The number of hydrogen-bond donors (Lipinski definition) is 1. The smallest absolute Gasteiger partial charge is 0.106 e. The summed E-state index contributed by atoms with van der Waals surface area (Å²) < 4.78 is 0. The van der Waals surface area contributed by atoms with Crippen LogP contribution in [-0.2, 0) is 0 Å². The standard InChI is InChI=1S/C16H21N3O/c1-18(2)14-5-3-12(4-6-14)11-15-16(17-20)13-7-9-19(15)10-8-13/h3-6,11,13,20H,7-10H2,1-2H3/b15-11?,17-16-. The van der Waals surface area contributed by atoms with Gasteiger partial charge in [-0.1, -0.05) is 17.3 Å². The molecule has 0 amide bonds. The number of allylic oxidation sites excluding steroid dienone is 1. The molecule has 1 N–H and O–H groups in total. The number of nitrogens with zero attached hydrogens (tertiary/aromatic N) is 3. The van der Waals surface area contributed by atoms with Gasteiger partial charge in [0.1, 0.15) is 5.71 Å². The first-order chi connectivity index (χ1) is 9.69. The Hall–Kier alpha value is -1.97. The largest absolute Gasteiger partial charge is 0.411 e. The van der Waals surface area contributed by atoms with E-state index < -0.39 is 0 Å². The molecular formula is C16H21N3O. The molecule has 3 fully saturated rings. The van der Waals surface area contributed by atoms with Gasteiger partial charge in [0.2, 0.25) is 0 Å². The quantitative estimate of drug-likeness (QED) is 0.664. The molecule has 4 heteroatoms. The van der Waals surface area contributed by atoms with E-state index in [0.717, 1.165) is 42.9 Å². The van der Waals surface area contributed by atoms with Crippen LogP contribution in [-0.4, -0.2) is 43.0 Å². The normalized spacial score (nSPS) is 22.8. The van der Waals surface area contributed by atoms with Crippen LogP contribution in [0.3, 0.4) is 0 Å². The van der Waals surface area contributed by atoms with Crippen molar-refractivity contribution < 1.29 is 5.21 Å². The zero-order chi connectivity index (χ0) is 14.1. The molecule has 1 aromatic rings. The first-order valence-electron chi connectivity index (χ1n) is 7.15. The van der Waals surface area contributed by atoms with Gasteiger partial charge in [0.25, 0.3) is 0 Å². The number of piperidine rings is 3. The second kappa shape index (κ2) is 5.19. The van der Waals surface area contributed by atoms with Gasteiger partial charge in [-0.2, -0.15) is 0 Å². The summed E-state index contributed by atoms with van der Waals surface area (Å²) in [6.07, 6.45) is 4.35. The van der Waals surface area contributed by atoms with Gasteiger partial charge in [0.05, 0.1) is 5.70 Å². The Bertz CT molecular complexity index is 537. The molecular weight excluding hydrogens is 250 g/mol. The first kappa shape index (κ1) is 13.0. The lowest BCUT2D eigenvalue weighted by molar-refractivity contribution is 0.229. The van der Waals surface area contributed by atoms with Gasteiger partial charge in [-0.3, -0.25) is 0 Å². The molecule has 0 radical (unpaired) electrons. The summed E-state index contributed by atoms with van der Waals surface area (Å²) in [5.41, 5.74) is 4.29. The molecule has 0 spiro atoms. The maximum atomic E-state index is 9.29. The van der Waals surface area contributed by atoms with Crippen LogP contribution in [0.4, 0.5) is 5.69 Å². The SMILES string of the molecule is CN(C)c1ccc(C=C2/C(=N\O)C3CCN2CC3)cc1. The summed E-state index contributed by atoms with van der Waals surface area (Å²) in [7, 11) is 4.07. The number of fused-ring (bicyclic) bond motifs is 3. The topological polar surface area (TPSA) is 39.1 Å². The van der Waals surface area contributed by atoms with Crippen LogP contribution < -0.4 is 4.90 Å². The van der Waals surface area contributed by atoms with Crippen LogP contribution in [0.5, 0.6) is 0 Å². The van der Waals surface area contributed by atoms with Gasteiger partial charge in [0, 0.05) is 38.8 Å². The third kappa shape index (κ3) is 2.26. The summed E-state index contributed by atoms with van der Waals surface area (Å²) in [6, 6.07) is 8.44. The maximum Gasteiger partial charge on any atom is 0.106 e. The molecule has 0 saturated carbocycles. The van der Waals surface area contributed by atoms with Crippen molar-refractivity contribution in [2.45, 2.75) is 12.8 Å². The number of oxime groups is 1. The van der Waals surface area contributed by atoms with E-state index in [1.165, 1.54) is 5.69 Å². The van der Waals surface area contributed by atoms with Gasteiger partial charge < -0.3 is 15.0 Å². The highest BCUT2D eigenvalue weighted by molar-refractivity contribution is 6.05. The molecule has 3 aliphatic heterocycles. The van der Waals surface area contributed by atoms with Crippen molar-refractivity contribution in [2.24, 2.45) is 11.1 Å². The van der Waals surface area contributed by atoms with E-state index in [1.54, 1.807) is 0 Å². The van der Waals surface area contributed by atoms with E-state index in [4.69, 9.17) is 0 Å². The third-order valence-corrected chi connectivity index (χ3v) is 4.31. The van der Waals surface area contributed by atoms with E-state index in [1.807, 2.05) is 14.1 Å². The summed E-state index contributed by atoms with van der Waals surface area (Å²) in [5, 5.41) is 12.8. The number of benzene rings is 1. The zero-order valence-corrected chi connectivity index (χ0v) is 12.1. The van der Waals surface area contributed by atoms with Gasteiger partial charge in [-0.25, -0.2) is 0 Å². The van der Waals surface area contributed by atoms with Gasteiger partial charge >= 0.3 is 0 Å². The monoisotopic (exact) mass is 271 g/mol. The van der Waals surface area contributed by atoms with Crippen molar-refractivity contribution >= 4 is 17.5 Å². The predicted octanol–water partition coefficient (Wildman–Crippen LogP) is 2.65. The first-order valence-corrected chi connectivity index (χ1v) is 7.15. The fourth-order valence-electron chi connectivity index (χ4n) is 3.09. The number of hydrogen-bond acceptors (Lipinski definition) is 4. The molecule has 0 aromatic heterocycles. The lowest BCUT2D eigenvalue weighted by Gasteiger charge is -2.42. The molecule has 2 bridgehead atoms.